The molecule has 1 aromatic carbocycles. The van der Waals surface area contributed by atoms with Gasteiger partial charge in [0.2, 0.25) is 0 Å². The normalized spacial score (nSPS) is 15.7. The number of hydrogen-bond donors (Lipinski definition) is 1. The Bertz CT molecular complexity index is 868. The predicted octanol–water partition coefficient (Wildman–Crippen LogP) is 3.58. The van der Waals surface area contributed by atoms with Gasteiger partial charge < -0.3 is 15.0 Å². The van der Waals surface area contributed by atoms with Crippen molar-refractivity contribution in [2.75, 3.05) is 25.5 Å². The van der Waals surface area contributed by atoms with E-state index in [1.807, 2.05) is 6.07 Å². The highest BCUT2D eigenvalue weighted by atomic mass is 19.3. The number of carbonyl (C=O) groups excluding carboxylic acids is 1. The zero-order valence-corrected chi connectivity index (χ0v) is 14.7. The first-order valence-corrected chi connectivity index (χ1v) is 8.40. The van der Waals surface area contributed by atoms with Gasteiger partial charge in [0.05, 0.1) is 24.3 Å². The topological polar surface area (TPSA) is 78.2 Å². The Morgan fingerprint density at radius 3 is 2.56 bits per heavy atom. The molecule has 0 spiro atoms. The van der Waals surface area contributed by atoms with E-state index in [9.17, 15) is 13.6 Å². The molecule has 8 heteroatoms. The molecule has 2 heterocycles. The van der Waals surface area contributed by atoms with Crippen molar-refractivity contribution in [3.05, 3.63) is 47.7 Å². The first-order valence-electron chi connectivity index (χ1n) is 8.40. The highest BCUT2D eigenvalue weighted by molar-refractivity contribution is 5.95. The molecule has 0 aliphatic carbocycles. The summed E-state index contributed by atoms with van der Waals surface area (Å²) in [4.78, 5) is 18.2. The lowest BCUT2D eigenvalue weighted by Crippen LogP contribution is -2.42. The largest absolute Gasteiger partial charge is 0.493 e. The number of nitriles is 1. The van der Waals surface area contributed by atoms with Crippen LogP contribution in [0.3, 0.4) is 0 Å². The third kappa shape index (κ3) is 4.31. The molecule has 140 valence electrons. The van der Waals surface area contributed by atoms with Crippen LogP contribution in [0.15, 0.2) is 36.5 Å². The van der Waals surface area contributed by atoms with Crippen LogP contribution in [0.4, 0.5) is 20.3 Å². The number of amides is 1. The number of methoxy groups -OCH3 is 1. The molecular formula is C19H18F2N4O2. The Balaban J connectivity index is 1.75. The molecule has 1 fully saturated rings. The van der Waals surface area contributed by atoms with Gasteiger partial charge in [0.1, 0.15) is 0 Å². The second-order valence-electron chi connectivity index (χ2n) is 6.24. The van der Waals surface area contributed by atoms with E-state index in [1.54, 1.807) is 24.3 Å². The predicted molar refractivity (Wildman–Crippen MR) is 95.3 cm³/mol. The van der Waals surface area contributed by atoms with Crippen LogP contribution >= 0.6 is 0 Å². The maximum absolute atomic E-state index is 13.3. The lowest BCUT2D eigenvalue weighted by molar-refractivity contribution is -0.0494. The van der Waals surface area contributed by atoms with Crippen molar-refractivity contribution in [3.63, 3.8) is 0 Å². The first kappa shape index (κ1) is 18.6. The Labute approximate surface area is 155 Å². The molecule has 1 aliphatic rings. The van der Waals surface area contributed by atoms with Gasteiger partial charge in [-0.2, -0.15) is 5.26 Å². The first-order chi connectivity index (χ1) is 12.9. The maximum Gasteiger partial charge on any atom is 0.255 e. The van der Waals surface area contributed by atoms with Crippen LogP contribution in [0.25, 0.3) is 0 Å². The van der Waals surface area contributed by atoms with Crippen molar-refractivity contribution in [2.45, 2.75) is 18.8 Å². The molecule has 1 aliphatic heterocycles. The molecule has 1 saturated heterocycles. The van der Waals surface area contributed by atoms with Gasteiger partial charge in [0, 0.05) is 37.8 Å². The average molecular weight is 372 g/mol. The quantitative estimate of drug-likeness (QED) is 0.888. The Morgan fingerprint density at radius 1 is 1.30 bits per heavy atom. The number of rotatable bonds is 4. The van der Waals surface area contributed by atoms with Gasteiger partial charge in [-0.15, -0.1) is 0 Å². The smallest absolute Gasteiger partial charge is 0.255 e. The van der Waals surface area contributed by atoms with Crippen molar-refractivity contribution >= 4 is 17.4 Å². The number of carbonyl (C=O) groups is 1. The summed E-state index contributed by atoms with van der Waals surface area (Å²) < 4.78 is 31.9. The molecule has 1 N–H and O–H groups in total. The summed E-state index contributed by atoms with van der Waals surface area (Å²) in [7, 11) is 1.46. The summed E-state index contributed by atoms with van der Waals surface area (Å²) in [6.07, 6.45) is 0.729. The fraction of sp³-hybridized carbons (Fsp3) is 0.316. The number of ether oxygens (including phenoxy) is 1. The molecule has 0 atom stereocenters. The average Bonchev–Trinajstić information content (AvgIpc) is 2.68. The van der Waals surface area contributed by atoms with Crippen molar-refractivity contribution in [3.8, 4) is 11.8 Å². The molecule has 27 heavy (non-hydrogen) atoms. The monoisotopic (exact) mass is 372 g/mol. The highest BCUT2D eigenvalue weighted by Crippen LogP contribution is 2.30. The van der Waals surface area contributed by atoms with E-state index in [-0.39, 0.29) is 37.4 Å². The van der Waals surface area contributed by atoms with E-state index < -0.39 is 5.92 Å². The van der Waals surface area contributed by atoms with Crippen LogP contribution in [0, 0.1) is 11.3 Å². The molecule has 1 amide bonds. The molecule has 2 aromatic rings. The number of nitrogens with zero attached hydrogens (tertiary/aromatic N) is 3. The zero-order valence-electron chi connectivity index (χ0n) is 14.7. The van der Waals surface area contributed by atoms with Crippen LogP contribution in [0.5, 0.6) is 5.75 Å². The van der Waals surface area contributed by atoms with E-state index in [2.05, 4.69) is 10.3 Å². The third-order valence-corrected chi connectivity index (χ3v) is 4.38. The SMILES string of the molecule is COc1cc(C(=O)N2CCC(F)(F)CC2)cnc1Nc1ccc(C#N)cc1. The Kier molecular flexibility index (Phi) is 5.21. The van der Waals surface area contributed by atoms with Crippen LogP contribution in [-0.2, 0) is 0 Å². The lowest BCUT2D eigenvalue weighted by atomic mass is 10.1. The van der Waals surface area contributed by atoms with Crippen molar-refractivity contribution in [1.29, 1.82) is 5.26 Å². The molecule has 0 unspecified atom stereocenters. The second-order valence-corrected chi connectivity index (χ2v) is 6.24. The van der Waals surface area contributed by atoms with Gasteiger partial charge in [0.25, 0.3) is 11.8 Å². The number of pyridine rings is 1. The molecule has 0 radical (unpaired) electrons. The van der Waals surface area contributed by atoms with Crippen molar-refractivity contribution < 1.29 is 18.3 Å². The molecule has 1 aromatic heterocycles. The minimum absolute atomic E-state index is 0.0133. The number of nitrogens with one attached hydrogen (secondary N) is 1. The standard InChI is InChI=1S/C19H18F2N4O2/c1-27-16-10-14(18(26)25-8-6-19(20,21)7-9-25)12-23-17(16)24-15-4-2-13(11-22)3-5-15/h2-5,10,12H,6-9H2,1H3,(H,23,24). The van der Waals surface area contributed by atoms with Gasteiger partial charge in [-0.25, -0.2) is 13.8 Å². The van der Waals surface area contributed by atoms with Gasteiger partial charge in [0.15, 0.2) is 11.6 Å². The number of alkyl halides is 2. The fourth-order valence-corrected chi connectivity index (χ4v) is 2.80. The van der Waals surface area contributed by atoms with Crippen LogP contribution in [0.1, 0.15) is 28.8 Å². The number of halogens is 2. The Morgan fingerprint density at radius 2 is 1.96 bits per heavy atom. The lowest BCUT2D eigenvalue weighted by Gasteiger charge is -2.31. The molecule has 0 bridgehead atoms. The summed E-state index contributed by atoms with van der Waals surface area (Å²) in [6, 6.07) is 10.4. The van der Waals surface area contributed by atoms with Crippen LogP contribution < -0.4 is 10.1 Å². The summed E-state index contributed by atoms with van der Waals surface area (Å²) in [5.41, 5.74) is 1.52. The van der Waals surface area contributed by atoms with Gasteiger partial charge >= 0.3 is 0 Å². The van der Waals surface area contributed by atoms with E-state index >= 15 is 0 Å². The summed E-state index contributed by atoms with van der Waals surface area (Å²) in [5.74, 6) is -2.29. The van der Waals surface area contributed by atoms with Gasteiger partial charge in [-0.1, -0.05) is 0 Å². The number of piperidine rings is 1. The second kappa shape index (κ2) is 7.58. The minimum Gasteiger partial charge on any atom is -0.493 e. The third-order valence-electron chi connectivity index (χ3n) is 4.38. The maximum atomic E-state index is 13.3. The van der Waals surface area contributed by atoms with E-state index in [4.69, 9.17) is 10.00 Å². The van der Waals surface area contributed by atoms with Crippen LogP contribution in [0.2, 0.25) is 0 Å². The molecule has 0 saturated carbocycles. The minimum atomic E-state index is -2.71. The number of benzene rings is 1. The number of likely N-dealkylation sites (tertiary alicyclic amines) is 1. The summed E-state index contributed by atoms with van der Waals surface area (Å²) in [5, 5.41) is 11.9. The molecule has 3 rings (SSSR count). The highest BCUT2D eigenvalue weighted by Gasteiger charge is 2.35. The number of anilines is 2. The van der Waals surface area contributed by atoms with Gasteiger partial charge in [-0.05, 0) is 30.3 Å². The van der Waals surface area contributed by atoms with Gasteiger partial charge in [-0.3, -0.25) is 4.79 Å². The Hall–Kier alpha value is -3.21. The van der Waals surface area contributed by atoms with Crippen molar-refractivity contribution in [1.82, 2.24) is 9.88 Å². The number of hydrogen-bond acceptors (Lipinski definition) is 5. The van der Waals surface area contributed by atoms with E-state index in [0.29, 0.717) is 22.8 Å². The summed E-state index contributed by atoms with van der Waals surface area (Å²) >= 11 is 0. The van der Waals surface area contributed by atoms with Crippen LogP contribution in [-0.4, -0.2) is 41.9 Å². The van der Waals surface area contributed by atoms with E-state index in [1.165, 1.54) is 24.3 Å². The molecule has 6 nitrogen and oxygen atoms in total. The fourth-order valence-electron chi connectivity index (χ4n) is 2.80. The van der Waals surface area contributed by atoms with Crippen molar-refractivity contribution in [2.24, 2.45) is 0 Å². The number of aromatic nitrogens is 1. The zero-order chi connectivity index (χ0) is 19.4. The van der Waals surface area contributed by atoms with E-state index in [0.717, 1.165) is 0 Å². The molecular weight excluding hydrogens is 354 g/mol. The summed E-state index contributed by atoms with van der Waals surface area (Å²) in [6.45, 7) is 0.0266.